The summed E-state index contributed by atoms with van der Waals surface area (Å²) in [6.07, 6.45) is 6.45. The molecule has 1 aromatic heterocycles. The Bertz CT molecular complexity index is 889. The van der Waals surface area contributed by atoms with E-state index in [1.54, 1.807) is 18.3 Å². The van der Waals surface area contributed by atoms with Crippen molar-refractivity contribution in [1.82, 2.24) is 14.8 Å². The number of rotatable bonds is 7. The van der Waals surface area contributed by atoms with Crippen molar-refractivity contribution < 1.29 is 9.53 Å². The van der Waals surface area contributed by atoms with Crippen LogP contribution >= 0.6 is 11.6 Å². The fourth-order valence-corrected chi connectivity index (χ4v) is 3.80. The predicted molar refractivity (Wildman–Crippen MR) is 114 cm³/mol. The Morgan fingerprint density at radius 3 is 2.59 bits per heavy atom. The number of aromatic nitrogens is 1. The molecule has 29 heavy (non-hydrogen) atoms. The Labute approximate surface area is 176 Å². The molecule has 1 N–H and O–H groups in total. The quantitative estimate of drug-likeness (QED) is 0.751. The number of benzene rings is 1. The molecule has 2 heterocycles. The number of halogens is 1. The molecule has 0 atom stereocenters. The van der Waals surface area contributed by atoms with Gasteiger partial charge in [0.05, 0.1) is 13.3 Å². The van der Waals surface area contributed by atoms with Gasteiger partial charge in [-0.05, 0) is 37.6 Å². The summed E-state index contributed by atoms with van der Waals surface area (Å²) in [4.78, 5) is 27.2. The molecule has 0 saturated carbocycles. The first-order valence-corrected chi connectivity index (χ1v) is 10.4. The largest absolute Gasteiger partial charge is 0.491 e. The van der Waals surface area contributed by atoms with E-state index in [0.29, 0.717) is 18.1 Å². The molecule has 1 aliphatic heterocycles. The molecule has 1 aliphatic rings. The molecule has 1 aromatic carbocycles. The molecule has 7 heteroatoms. The third kappa shape index (κ3) is 6.08. The summed E-state index contributed by atoms with van der Waals surface area (Å²) in [5, 5.41) is 3.53. The SMILES string of the molecule is COc1cn(CC(=O)NCc2ccccc2Cl)c(CN2CCCCCC2)cc1=O. The van der Waals surface area contributed by atoms with E-state index in [-0.39, 0.29) is 23.6 Å². The lowest BCUT2D eigenvalue weighted by Gasteiger charge is -2.23. The van der Waals surface area contributed by atoms with Crippen molar-refractivity contribution in [2.45, 2.75) is 45.3 Å². The highest BCUT2D eigenvalue weighted by Crippen LogP contribution is 2.16. The van der Waals surface area contributed by atoms with Gasteiger partial charge in [0.1, 0.15) is 6.54 Å². The van der Waals surface area contributed by atoms with Gasteiger partial charge in [0.25, 0.3) is 0 Å². The zero-order chi connectivity index (χ0) is 20.6. The van der Waals surface area contributed by atoms with Gasteiger partial charge in [-0.1, -0.05) is 42.6 Å². The summed E-state index contributed by atoms with van der Waals surface area (Å²) in [5.41, 5.74) is 1.53. The molecule has 1 amide bonds. The summed E-state index contributed by atoms with van der Waals surface area (Å²) in [7, 11) is 1.47. The van der Waals surface area contributed by atoms with Gasteiger partial charge in [-0.3, -0.25) is 14.5 Å². The Balaban J connectivity index is 1.72. The maximum absolute atomic E-state index is 12.6. The van der Waals surface area contributed by atoms with Crippen LogP contribution in [0.3, 0.4) is 0 Å². The van der Waals surface area contributed by atoms with Gasteiger partial charge in [0.2, 0.25) is 11.3 Å². The number of nitrogens with one attached hydrogen (secondary N) is 1. The molecular weight excluding hydrogens is 390 g/mol. The van der Waals surface area contributed by atoms with Gasteiger partial charge < -0.3 is 14.6 Å². The van der Waals surface area contributed by atoms with Gasteiger partial charge in [-0.2, -0.15) is 0 Å². The van der Waals surface area contributed by atoms with E-state index in [2.05, 4.69) is 10.2 Å². The molecule has 6 nitrogen and oxygen atoms in total. The highest BCUT2D eigenvalue weighted by atomic mass is 35.5. The van der Waals surface area contributed by atoms with Crippen molar-refractivity contribution in [3.63, 3.8) is 0 Å². The molecule has 0 bridgehead atoms. The van der Waals surface area contributed by atoms with Crippen LogP contribution in [0.1, 0.15) is 36.9 Å². The topological polar surface area (TPSA) is 63.6 Å². The van der Waals surface area contributed by atoms with Crippen molar-refractivity contribution in [2.75, 3.05) is 20.2 Å². The molecule has 0 spiro atoms. The Hall–Kier alpha value is -2.31. The fourth-order valence-electron chi connectivity index (χ4n) is 3.60. The molecule has 1 saturated heterocycles. The number of ether oxygens (including phenoxy) is 1. The summed E-state index contributed by atoms with van der Waals surface area (Å²) in [5.74, 6) is 0.0938. The molecular formula is C22H28ClN3O3. The summed E-state index contributed by atoms with van der Waals surface area (Å²) in [6, 6.07) is 9.02. The minimum atomic E-state index is -0.162. The first-order valence-electron chi connectivity index (χ1n) is 10.1. The molecule has 2 aromatic rings. The molecule has 0 radical (unpaired) electrons. The molecule has 1 fully saturated rings. The molecule has 0 unspecified atom stereocenters. The summed E-state index contributed by atoms with van der Waals surface area (Å²) < 4.78 is 6.99. The summed E-state index contributed by atoms with van der Waals surface area (Å²) >= 11 is 6.16. The number of hydrogen-bond donors (Lipinski definition) is 1. The van der Waals surface area contributed by atoms with Crippen LogP contribution in [0.2, 0.25) is 5.02 Å². The monoisotopic (exact) mass is 417 g/mol. The highest BCUT2D eigenvalue weighted by Gasteiger charge is 2.15. The van der Waals surface area contributed by atoms with E-state index < -0.39 is 0 Å². The van der Waals surface area contributed by atoms with Crippen LogP contribution in [-0.2, 0) is 24.4 Å². The first kappa shape index (κ1) is 21.4. The van der Waals surface area contributed by atoms with Crippen molar-refractivity contribution in [1.29, 1.82) is 0 Å². The number of pyridine rings is 1. The number of methoxy groups -OCH3 is 1. The first-order chi connectivity index (χ1) is 14.1. The number of nitrogens with zero attached hydrogens (tertiary/aromatic N) is 2. The second kappa shape index (κ2) is 10.5. The molecule has 3 rings (SSSR count). The minimum Gasteiger partial charge on any atom is -0.491 e. The van der Waals surface area contributed by atoms with Crippen molar-refractivity contribution in [2.24, 2.45) is 0 Å². The van der Waals surface area contributed by atoms with Crippen LogP contribution in [0.4, 0.5) is 0 Å². The number of hydrogen-bond acceptors (Lipinski definition) is 4. The van der Waals surface area contributed by atoms with Gasteiger partial charge in [0, 0.05) is 29.9 Å². The van der Waals surface area contributed by atoms with E-state index in [4.69, 9.17) is 16.3 Å². The summed E-state index contributed by atoms with van der Waals surface area (Å²) in [6.45, 7) is 3.15. The van der Waals surface area contributed by atoms with Crippen LogP contribution in [0.5, 0.6) is 5.75 Å². The highest BCUT2D eigenvalue weighted by molar-refractivity contribution is 6.31. The maximum atomic E-state index is 12.6. The zero-order valence-electron chi connectivity index (χ0n) is 16.8. The lowest BCUT2D eigenvalue weighted by Crippen LogP contribution is -2.31. The van der Waals surface area contributed by atoms with Crippen molar-refractivity contribution in [3.8, 4) is 5.75 Å². The standard InChI is InChI=1S/C22H28ClN3O3/c1-29-21-15-26(16-22(28)24-13-17-8-4-5-9-19(17)23)18(12-20(21)27)14-25-10-6-2-3-7-11-25/h4-5,8-9,12,15H,2-3,6-7,10-11,13-14,16H2,1H3,(H,24,28). The van der Waals surface area contributed by atoms with Crippen LogP contribution < -0.4 is 15.5 Å². The average Bonchev–Trinajstić information content (AvgIpc) is 2.98. The molecule has 0 aliphatic carbocycles. The van der Waals surface area contributed by atoms with Crippen molar-refractivity contribution in [3.05, 3.63) is 63.0 Å². The van der Waals surface area contributed by atoms with E-state index in [1.807, 2.05) is 22.8 Å². The zero-order valence-corrected chi connectivity index (χ0v) is 17.6. The second-order valence-electron chi connectivity index (χ2n) is 7.38. The number of likely N-dealkylation sites (tertiary alicyclic amines) is 1. The Kier molecular flexibility index (Phi) is 7.72. The van der Waals surface area contributed by atoms with Gasteiger partial charge >= 0.3 is 0 Å². The van der Waals surface area contributed by atoms with Crippen LogP contribution in [0, 0.1) is 0 Å². The number of carbonyl (C=O) groups is 1. The van der Waals surface area contributed by atoms with Crippen LogP contribution in [0.15, 0.2) is 41.3 Å². The van der Waals surface area contributed by atoms with Crippen LogP contribution in [0.25, 0.3) is 0 Å². The van der Waals surface area contributed by atoms with E-state index >= 15 is 0 Å². The second-order valence-corrected chi connectivity index (χ2v) is 7.79. The number of carbonyl (C=O) groups excluding carboxylic acids is 1. The predicted octanol–water partition coefficient (Wildman–Crippen LogP) is 3.20. The Morgan fingerprint density at radius 2 is 1.90 bits per heavy atom. The third-order valence-corrected chi connectivity index (χ3v) is 5.60. The maximum Gasteiger partial charge on any atom is 0.240 e. The van der Waals surface area contributed by atoms with Gasteiger partial charge in [-0.25, -0.2) is 0 Å². The lowest BCUT2D eigenvalue weighted by molar-refractivity contribution is -0.121. The van der Waals surface area contributed by atoms with Gasteiger partial charge in [-0.15, -0.1) is 0 Å². The van der Waals surface area contributed by atoms with E-state index in [0.717, 1.165) is 24.3 Å². The third-order valence-electron chi connectivity index (χ3n) is 5.23. The van der Waals surface area contributed by atoms with Gasteiger partial charge in [0.15, 0.2) is 5.75 Å². The molecule has 156 valence electrons. The smallest absolute Gasteiger partial charge is 0.240 e. The van der Waals surface area contributed by atoms with E-state index in [1.165, 1.54) is 32.8 Å². The average molecular weight is 418 g/mol. The van der Waals surface area contributed by atoms with E-state index in [9.17, 15) is 9.59 Å². The fraction of sp³-hybridized carbons (Fsp3) is 0.455. The normalized spacial score (nSPS) is 15.0. The lowest BCUT2D eigenvalue weighted by atomic mass is 10.2. The number of amides is 1. The van der Waals surface area contributed by atoms with Crippen molar-refractivity contribution >= 4 is 17.5 Å². The van der Waals surface area contributed by atoms with Crippen LogP contribution in [-0.4, -0.2) is 35.6 Å². The Morgan fingerprint density at radius 1 is 1.17 bits per heavy atom. The minimum absolute atomic E-state index is 0.115.